The molecule has 0 aliphatic rings. The molecular weight excluding hydrogens is 168 g/mol. The lowest BCUT2D eigenvalue weighted by molar-refractivity contribution is -0.116. The monoisotopic (exact) mass is 182 g/mol. The Bertz CT molecular complexity index is 248. The van der Waals surface area contributed by atoms with E-state index < -0.39 is 0 Å². The van der Waals surface area contributed by atoms with E-state index in [2.05, 4.69) is 0 Å². The highest BCUT2D eigenvalue weighted by atomic mass is 16.3. The van der Waals surface area contributed by atoms with Gasteiger partial charge in [-0.1, -0.05) is 19.1 Å². The summed E-state index contributed by atoms with van der Waals surface area (Å²) in [5.74, 6) is 0.102. The molecule has 0 saturated heterocycles. The fourth-order valence-electron chi connectivity index (χ4n) is 0.464. The maximum atomic E-state index is 9.81. The zero-order valence-electron chi connectivity index (χ0n) is 7.82. The van der Waals surface area contributed by atoms with Crippen LogP contribution in [0.4, 0.5) is 0 Å². The third-order valence-electron chi connectivity index (χ3n) is 1.38. The van der Waals surface area contributed by atoms with Crippen LogP contribution < -0.4 is 0 Å². The smallest absolute Gasteiger partial charge is 0.157 e. The zero-order chi connectivity index (χ0) is 10.3. The fraction of sp³-hybridized carbons (Fsp3) is 0.300. The predicted molar refractivity (Wildman–Crippen MR) is 50.7 cm³/mol. The highest BCUT2D eigenvalue weighted by Crippen LogP contribution is 2.21. The molecule has 1 aromatic rings. The molecule has 0 aliphatic carbocycles. The second-order valence-corrected chi connectivity index (χ2v) is 2.54. The topological polar surface area (TPSA) is 57.5 Å². The average molecular weight is 182 g/mol. The molecule has 0 unspecified atom stereocenters. The van der Waals surface area contributed by atoms with Crippen LogP contribution in [0.1, 0.15) is 20.3 Å². The van der Waals surface area contributed by atoms with Gasteiger partial charge in [-0.15, -0.1) is 0 Å². The van der Waals surface area contributed by atoms with E-state index in [1.165, 1.54) is 12.1 Å². The van der Waals surface area contributed by atoms with Gasteiger partial charge in [0.1, 0.15) is 5.78 Å². The second kappa shape index (κ2) is 6.06. The van der Waals surface area contributed by atoms with Gasteiger partial charge in [-0.25, -0.2) is 0 Å². The molecular formula is C10H14O3. The SMILES string of the molecule is CCC(C)=O.Oc1ccccc1O. The number of para-hydroxylation sites is 2. The number of ketones is 1. The molecule has 0 aliphatic heterocycles. The van der Waals surface area contributed by atoms with Crippen molar-refractivity contribution in [3.05, 3.63) is 24.3 Å². The number of Topliss-reactive ketones (excluding diaryl/α,β-unsaturated/α-hetero) is 1. The molecule has 0 atom stereocenters. The van der Waals surface area contributed by atoms with Gasteiger partial charge in [-0.05, 0) is 19.1 Å². The molecule has 0 bridgehead atoms. The van der Waals surface area contributed by atoms with Gasteiger partial charge in [-0.2, -0.15) is 0 Å². The zero-order valence-corrected chi connectivity index (χ0v) is 7.82. The van der Waals surface area contributed by atoms with Gasteiger partial charge in [0.15, 0.2) is 11.5 Å². The minimum Gasteiger partial charge on any atom is -0.504 e. The van der Waals surface area contributed by atoms with Crippen LogP contribution in [0.15, 0.2) is 24.3 Å². The summed E-state index contributed by atoms with van der Waals surface area (Å²) in [4.78, 5) is 9.81. The Balaban J connectivity index is 0.000000252. The number of hydrogen-bond acceptors (Lipinski definition) is 3. The molecule has 3 heteroatoms. The van der Waals surface area contributed by atoms with Gasteiger partial charge >= 0.3 is 0 Å². The van der Waals surface area contributed by atoms with E-state index in [-0.39, 0.29) is 17.3 Å². The van der Waals surface area contributed by atoms with Crippen LogP contribution >= 0.6 is 0 Å². The van der Waals surface area contributed by atoms with Gasteiger partial charge in [0.2, 0.25) is 0 Å². The number of hydrogen-bond donors (Lipinski definition) is 2. The predicted octanol–water partition coefficient (Wildman–Crippen LogP) is 2.08. The number of carbonyl (C=O) groups excluding carboxylic acids is 1. The van der Waals surface area contributed by atoms with Crippen molar-refractivity contribution in [1.82, 2.24) is 0 Å². The maximum absolute atomic E-state index is 9.81. The molecule has 0 spiro atoms. The molecule has 13 heavy (non-hydrogen) atoms. The van der Waals surface area contributed by atoms with E-state index in [1.54, 1.807) is 19.1 Å². The van der Waals surface area contributed by atoms with Gasteiger partial charge in [0.05, 0.1) is 0 Å². The van der Waals surface area contributed by atoms with Crippen LogP contribution in [0.5, 0.6) is 11.5 Å². The van der Waals surface area contributed by atoms with Crippen molar-refractivity contribution < 1.29 is 15.0 Å². The molecule has 1 aromatic carbocycles. The third-order valence-corrected chi connectivity index (χ3v) is 1.38. The summed E-state index contributed by atoms with van der Waals surface area (Å²) in [5, 5.41) is 17.3. The van der Waals surface area contributed by atoms with E-state index in [4.69, 9.17) is 10.2 Å². The lowest BCUT2D eigenvalue weighted by Gasteiger charge is -1.91. The Hall–Kier alpha value is -1.51. The molecule has 0 amide bonds. The number of aromatic hydroxyl groups is 2. The largest absolute Gasteiger partial charge is 0.504 e. The van der Waals surface area contributed by atoms with Crippen molar-refractivity contribution in [1.29, 1.82) is 0 Å². The summed E-state index contributed by atoms with van der Waals surface area (Å²) >= 11 is 0. The molecule has 0 aromatic heterocycles. The van der Waals surface area contributed by atoms with Crippen LogP contribution in [0.2, 0.25) is 0 Å². The summed E-state index contributed by atoms with van der Waals surface area (Å²) in [5.41, 5.74) is 0. The first-order valence-corrected chi connectivity index (χ1v) is 4.04. The second-order valence-electron chi connectivity index (χ2n) is 2.54. The van der Waals surface area contributed by atoms with Gasteiger partial charge < -0.3 is 15.0 Å². The van der Waals surface area contributed by atoms with Crippen LogP contribution in [0.3, 0.4) is 0 Å². The van der Waals surface area contributed by atoms with Crippen molar-refractivity contribution in [2.24, 2.45) is 0 Å². The van der Waals surface area contributed by atoms with Crippen molar-refractivity contribution in [3.63, 3.8) is 0 Å². The Morgan fingerprint density at radius 3 is 1.69 bits per heavy atom. The van der Waals surface area contributed by atoms with Crippen molar-refractivity contribution in [2.45, 2.75) is 20.3 Å². The van der Waals surface area contributed by atoms with Crippen LogP contribution in [-0.2, 0) is 4.79 Å². The summed E-state index contributed by atoms with van der Waals surface area (Å²) in [6, 6.07) is 6.15. The van der Waals surface area contributed by atoms with Gasteiger partial charge in [-0.3, -0.25) is 0 Å². The normalized spacial score (nSPS) is 8.46. The number of benzene rings is 1. The summed E-state index contributed by atoms with van der Waals surface area (Å²) in [7, 11) is 0. The maximum Gasteiger partial charge on any atom is 0.157 e. The Morgan fingerprint density at radius 1 is 1.23 bits per heavy atom. The van der Waals surface area contributed by atoms with E-state index in [1.807, 2.05) is 6.92 Å². The Labute approximate surface area is 77.6 Å². The first-order chi connectivity index (χ1) is 6.07. The minimum absolute atomic E-state index is 0.0764. The lowest BCUT2D eigenvalue weighted by Crippen LogP contribution is -1.80. The highest BCUT2D eigenvalue weighted by Gasteiger charge is 1.90. The third kappa shape index (κ3) is 5.73. The first kappa shape index (κ1) is 11.5. The van der Waals surface area contributed by atoms with Crippen molar-refractivity contribution in [3.8, 4) is 11.5 Å². The molecule has 0 heterocycles. The molecule has 72 valence electrons. The lowest BCUT2D eigenvalue weighted by atomic mass is 10.3. The average Bonchev–Trinajstić information content (AvgIpc) is 2.11. The molecule has 2 N–H and O–H groups in total. The highest BCUT2D eigenvalue weighted by molar-refractivity contribution is 5.74. The quantitative estimate of drug-likeness (QED) is 0.654. The molecule has 1 rings (SSSR count). The molecule has 0 saturated carbocycles. The molecule has 0 radical (unpaired) electrons. The van der Waals surface area contributed by atoms with E-state index in [9.17, 15) is 4.79 Å². The van der Waals surface area contributed by atoms with Crippen molar-refractivity contribution >= 4 is 5.78 Å². The number of carbonyl (C=O) groups is 1. The van der Waals surface area contributed by atoms with Crippen LogP contribution in [0, 0.1) is 0 Å². The van der Waals surface area contributed by atoms with Crippen molar-refractivity contribution in [2.75, 3.05) is 0 Å². The standard InChI is InChI=1S/C6H6O2.C4H8O/c7-5-3-1-2-4-6(5)8;1-3-4(2)5/h1-4,7-8H;3H2,1-2H3. The van der Waals surface area contributed by atoms with E-state index >= 15 is 0 Å². The van der Waals surface area contributed by atoms with Gasteiger partial charge in [0, 0.05) is 6.42 Å². The fourth-order valence-corrected chi connectivity index (χ4v) is 0.464. The number of phenolic OH excluding ortho intramolecular Hbond substituents is 2. The van der Waals surface area contributed by atoms with Crippen LogP contribution in [-0.4, -0.2) is 16.0 Å². The van der Waals surface area contributed by atoms with Gasteiger partial charge in [0.25, 0.3) is 0 Å². The summed E-state index contributed by atoms with van der Waals surface area (Å²) < 4.78 is 0. The van der Waals surface area contributed by atoms with E-state index in [0.717, 1.165) is 0 Å². The minimum atomic E-state index is -0.0764. The summed E-state index contributed by atoms with van der Waals surface area (Å²) in [6.07, 6.45) is 0.667. The first-order valence-electron chi connectivity index (χ1n) is 4.04. The molecule has 3 nitrogen and oxygen atoms in total. The Kier molecular flexibility index (Phi) is 5.35. The van der Waals surface area contributed by atoms with Crippen LogP contribution in [0.25, 0.3) is 0 Å². The summed E-state index contributed by atoms with van der Waals surface area (Å²) in [6.45, 7) is 3.43. The number of phenols is 2. The Morgan fingerprint density at radius 2 is 1.54 bits per heavy atom. The molecule has 0 fully saturated rings. The number of rotatable bonds is 1. The van der Waals surface area contributed by atoms with E-state index in [0.29, 0.717) is 6.42 Å².